The van der Waals surface area contributed by atoms with Gasteiger partial charge in [-0.2, -0.15) is 0 Å². The van der Waals surface area contributed by atoms with Gasteiger partial charge < -0.3 is 15.4 Å². The van der Waals surface area contributed by atoms with Crippen LogP contribution in [-0.2, 0) is 14.3 Å². The summed E-state index contributed by atoms with van der Waals surface area (Å²) in [6, 6.07) is 0. The van der Waals surface area contributed by atoms with Gasteiger partial charge in [0.15, 0.2) is 0 Å². The van der Waals surface area contributed by atoms with Crippen LogP contribution in [0.25, 0.3) is 0 Å². The number of amides is 2. The molecule has 5 nitrogen and oxygen atoms in total. The van der Waals surface area contributed by atoms with Crippen LogP contribution in [0.1, 0.15) is 38.5 Å². The van der Waals surface area contributed by atoms with E-state index in [1.807, 2.05) is 4.90 Å². The van der Waals surface area contributed by atoms with Crippen molar-refractivity contribution in [2.75, 3.05) is 26.8 Å². The molecule has 1 heterocycles. The van der Waals surface area contributed by atoms with E-state index >= 15 is 0 Å². The molecule has 0 aromatic rings. The summed E-state index contributed by atoms with van der Waals surface area (Å²) < 4.78 is 5.23. The van der Waals surface area contributed by atoms with Gasteiger partial charge in [0.1, 0.15) is 0 Å². The minimum atomic E-state index is -0.288. The lowest BCUT2D eigenvalue weighted by molar-refractivity contribution is -0.154. The van der Waals surface area contributed by atoms with Crippen LogP contribution in [-0.4, -0.2) is 43.5 Å². The highest BCUT2D eigenvalue weighted by atomic mass is 16.5. The van der Waals surface area contributed by atoms with Crippen LogP contribution in [0.15, 0.2) is 0 Å². The Kier molecular flexibility index (Phi) is 4.45. The van der Waals surface area contributed by atoms with Crippen LogP contribution in [0.2, 0.25) is 0 Å². The number of primary amides is 1. The van der Waals surface area contributed by atoms with Crippen molar-refractivity contribution in [1.29, 1.82) is 0 Å². The van der Waals surface area contributed by atoms with E-state index < -0.39 is 0 Å². The predicted molar refractivity (Wildman–Crippen MR) is 71.3 cm³/mol. The maximum Gasteiger partial charge on any atom is 0.231 e. The number of carbonyl (C=O) groups excluding carboxylic acids is 2. The van der Waals surface area contributed by atoms with Gasteiger partial charge in [0, 0.05) is 26.6 Å². The Morgan fingerprint density at radius 1 is 1.37 bits per heavy atom. The van der Waals surface area contributed by atoms with Crippen molar-refractivity contribution in [2.24, 2.45) is 17.1 Å². The number of hydrogen-bond donors (Lipinski definition) is 1. The molecular formula is C14H24N2O3. The topological polar surface area (TPSA) is 72.6 Å². The van der Waals surface area contributed by atoms with Gasteiger partial charge in [-0.1, -0.05) is 6.42 Å². The second kappa shape index (κ2) is 5.90. The van der Waals surface area contributed by atoms with Crippen LogP contribution >= 0.6 is 0 Å². The van der Waals surface area contributed by atoms with Crippen LogP contribution in [0.3, 0.4) is 0 Å². The van der Waals surface area contributed by atoms with Crippen molar-refractivity contribution in [2.45, 2.75) is 38.5 Å². The summed E-state index contributed by atoms with van der Waals surface area (Å²) in [5.41, 5.74) is 4.96. The van der Waals surface area contributed by atoms with Gasteiger partial charge in [-0.05, 0) is 31.6 Å². The number of rotatable bonds is 5. The third-order valence-electron chi connectivity index (χ3n) is 4.48. The van der Waals surface area contributed by atoms with Crippen LogP contribution in [0, 0.1) is 11.3 Å². The second-order valence-electron chi connectivity index (χ2n) is 6.00. The van der Waals surface area contributed by atoms with E-state index in [9.17, 15) is 9.59 Å². The molecule has 19 heavy (non-hydrogen) atoms. The molecule has 1 aliphatic heterocycles. The smallest absolute Gasteiger partial charge is 0.231 e. The van der Waals surface area contributed by atoms with Crippen LogP contribution < -0.4 is 5.73 Å². The number of hydrogen-bond acceptors (Lipinski definition) is 3. The largest absolute Gasteiger partial charge is 0.384 e. The molecular weight excluding hydrogens is 244 g/mol. The zero-order valence-corrected chi connectivity index (χ0v) is 11.7. The van der Waals surface area contributed by atoms with Gasteiger partial charge in [-0.3, -0.25) is 9.59 Å². The first-order valence-electron chi connectivity index (χ1n) is 7.14. The van der Waals surface area contributed by atoms with E-state index in [0.717, 1.165) is 38.6 Å². The first kappa shape index (κ1) is 14.3. The van der Waals surface area contributed by atoms with Crippen molar-refractivity contribution in [3.8, 4) is 0 Å². The van der Waals surface area contributed by atoms with E-state index in [-0.39, 0.29) is 23.1 Å². The fourth-order valence-corrected chi connectivity index (χ4v) is 3.34. The Morgan fingerprint density at radius 3 is 2.63 bits per heavy atom. The third-order valence-corrected chi connectivity index (χ3v) is 4.48. The molecule has 0 aromatic carbocycles. The lowest BCUT2D eigenvalue weighted by atomic mass is 9.68. The number of piperidine rings is 1. The molecule has 2 fully saturated rings. The van der Waals surface area contributed by atoms with Crippen molar-refractivity contribution < 1.29 is 14.3 Å². The number of likely N-dealkylation sites (tertiary alicyclic amines) is 1. The Labute approximate surface area is 114 Å². The van der Waals surface area contributed by atoms with E-state index in [4.69, 9.17) is 10.5 Å². The first-order valence-corrected chi connectivity index (χ1v) is 7.14. The van der Waals surface area contributed by atoms with Crippen molar-refractivity contribution >= 4 is 11.8 Å². The standard InChI is InChI=1S/C14H24N2O3/c1-19-10-14(5-3-6-14)13(18)16-7-2-4-11(9-16)8-12(15)17/h11H,2-10H2,1H3,(H2,15,17)/t11-/m0/s1. The lowest BCUT2D eigenvalue weighted by Crippen LogP contribution is -2.53. The van der Waals surface area contributed by atoms with E-state index in [1.165, 1.54) is 0 Å². The molecule has 2 amide bonds. The SMILES string of the molecule is COCC1(C(=O)N2CCC[C@@H](CC(N)=O)C2)CCC1. The summed E-state index contributed by atoms with van der Waals surface area (Å²) >= 11 is 0. The molecule has 1 saturated carbocycles. The quantitative estimate of drug-likeness (QED) is 0.805. The van der Waals surface area contributed by atoms with E-state index in [0.29, 0.717) is 19.6 Å². The number of carbonyl (C=O) groups is 2. The summed E-state index contributed by atoms with van der Waals surface area (Å²) in [6.45, 7) is 2.00. The van der Waals surface area contributed by atoms with Gasteiger partial charge in [-0.25, -0.2) is 0 Å². The number of ether oxygens (including phenoxy) is 1. The van der Waals surface area contributed by atoms with E-state index in [2.05, 4.69) is 0 Å². The molecule has 5 heteroatoms. The molecule has 108 valence electrons. The highest BCUT2D eigenvalue weighted by molar-refractivity contribution is 5.84. The van der Waals surface area contributed by atoms with Crippen molar-refractivity contribution in [1.82, 2.24) is 4.90 Å². The Balaban J connectivity index is 1.96. The van der Waals surface area contributed by atoms with E-state index in [1.54, 1.807) is 7.11 Å². The summed E-state index contributed by atoms with van der Waals surface area (Å²) in [5.74, 6) is 0.180. The third kappa shape index (κ3) is 3.08. The van der Waals surface area contributed by atoms with Gasteiger partial charge in [-0.15, -0.1) is 0 Å². The summed E-state index contributed by atoms with van der Waals surface area (Å²) in [7, 11) is 1.65. The average molecular weight is 268 g/mol. The summed E-state index contributed by atoms with van der Waals surface area (Å²) in [4.78, 5) is 25.6. The Hall–Kier alpha value is -1.10. The lowest BCUT2D eigenvalue weighted by Gasteiger charge is -2.45. The maximum absolute atomic E-state index is 12.7. The van der Waals surface area contributed by atoms with Gasteiger partial charge >= 0.3 is 0 Å². The van der Waals surface area contributed by atoms with Crippen LogP contribution in [0.5, 0.6) is 0 Å². The fourth-order valence-electron chi connectivity index (χ4n) is 3.34. The second-order valence-corrected chi connectivity index (χ2v) is 6.00. The van der Waals surface area contributed by atoms with Crippen molar-refractivity contribution in [3.63, 3.8) is 0 Å². The molecule has 2 aliphatic rings. The van der Waals surface area contributed by atoms with Crippen molar-refractivity contribution in [3.05, 3.63) is 0 Å². The zero-order chi connectivity index (χ0) is 13.9. The van der Waals surface area contributed by atoms with Crippen LogP contribution in [0.4, 0.5) is 0 Å². The molecule has 0 spiro atoms. The number of nitrogens with zero attached hydrogens (tertiary/aromatic N) is 1. The Morgan fingerprint density at radius 2 is 2.11 bits per heavy atom. The fraction of sp³-hybridized carbons (Fsp3) is 0.857. The van der Waals surface area contributed by atoms with Gasteiger partial charge in [0.05, 0.1) is 12.0 Å². The van der Waals surface area contributed by atoms with Gasteiger partial charge in [0.25, 0.3) is 0 Å². The van der Waals surface area contributed by atoms with Gasteiger partial charge in [0.2, 0.25) is 11.8 Å². The number of methoxy groups -OCH3 is 1. The zero-order valence-electron chi connectivity index (χ0n) is 11.7. The first-order chi connectivity index (χ1) is 9.07. The monoisotopic (exact) mass is 268 g/mol. The molecule has 0 bridgehead atoms. The molecule has 1 aliphatic carbocycles. The maximum atomic E-state index is 12.7. The normalized spacial score (nSPS) is 25.7. The molecule has 2 rings (SSSR count). The number of nitrogens with two attached hydrogens (primary N) is 1. The molecule has 1 saturated heterocycles. The highest BCUT2D eigenvalue weighted by Crippen LogP contribution is 2.43. The Bertz CT molecular complexity index is 353. The molecule has 0 unspecified atom stereocenters. The summed E-state index contributed by atoms with van der Waals surface area (Å²) in [5, 5.41) is 0. The molecule has 0 aromatic heterocycles. The minimum absolute atomic E-state index is 0.217. The predicted octanol–water partition coefficient (Wildman–Crippen LogP) is 0.917. The highest BCUT2D eigenvalue weighted by Gasteiger charge is 2.46. The minimum Gasteiger partial charge on any atom is -0.384 e. The average Bonchev–Trinajstić information content (AvgIpc) is 2.32. The molecule has 0 radical (unpaired) electrons. The molecule has 1 atom stereocenters. The molecule has 2 N–H and O–H groups in total. The summed E-state index contributed by atoms with van der Waals surface area (Å²) in [6.07, 6.45) is 5.30.